The molecule has 0 bridgehead atoms. The highest BCUT2D eigenvalue weighted by molar-refractivity contribution is 7.90. The van der Waals surface area contributed by atoms with E-state index >= 15 is 0 Å². The molecule has 1 aliphatic rings. The lowest BCUT2D eigenvalue weighted by atomic mass is 10.0. The van der Waals surface area contributed by atoms with Gasteiger partial charge in [0.05, 0.1) is 22.2 Å². The highest BCUT2D eigenvalue weighted by Gasteiger charge is 2.31. The van der Waals surface area contributed by atoms with Crippen LogP contribution in [0.3, 0.4) is 0 Å². The van der Waals surface area contributed by atoms with Crippen molar-refractivity contribution in [3.8, 4) is 6.07 Å². The van der Waals surface area contributed by atoms with Gasteiger partial charge in [0.15, 0.2) is 0 Å². The van der Waals surface area contributed by atoms with Crippen LogP contribution >= 0.6 is 0 Å². The molecule has 0 spiro atoms. The first-order chi connectivity index (χ1) is 12.4. The Morgan fingerprint density at radius 2 is 1.96 bits per heavy atom. The minimum Gasteiger partial charge on any atom is -0.480 e. The second kappa shape index (κ2) is 5.54. The number of sulfonamides is 1. The standard InChI is InChI=1S/C18H11N3O4S/c19-8-11-5-6-15-13(7-11)14(9-21(15)10-17(22)23)18-12-3-1-2-4-16(12)26(24,25)20-18/h1-7,9H,10H2,(H,22,23). The number of aliphatic carboxylic acids is 1. The summed E-state index contributed by atoms with van der Waals surface area (Å²) in [6.07, 6.45) is 1.57. The van der Waals surface area contributed by atoms with E-state index in [4.69, 9.17) is 10.4 Å². The van der Waals surface area contributed by atoms with Crippen molar-refractivity contribution in [2.24, 2.45) is 4.40 Å². The summed E-state index contributed by atoms with van der Waals surface area (Å²) in [7, 11) is -3.80. The maximum Gasteiger partial charge on any atom is 0.323 e. The van der Waals surface area contributed by atoms with E-state index in [-0.39, 0.29) is 17.2 Å². The van der Waals surface area contributed by atoms with Gasteiger partial charge in [0.1, 0.15) is 6.54 Å². The van der Waals surface area contributed by atoms with Gasteiger partial charge in [-0.3, -0.25) is 4.79 Å². The van der Waals surface area contributed by atoms with E-state index in [1.54, 1.807) is 42.6 Å². The Kier molecular flexibility index (Phi) is 3.42. The van der Waals surface area contributed by atoms with E-state index in [1.165, 1.54) is 10.6 Å². The molecule has 3 aromatic rings. The number of hydrogen-bond acceptors (Lipinski definition) is 4. The number of nitriles is 1. The maximum absolute atomic E-state index is 12.3. The molecule has 4 rings (SSSR count). The van der Waals surface area contributed by atoms with Gasteiger partial charge in [-0.2, -0.15) is 18.1 Å². The van der Waals surface area contributed by atoms with Gasteiger partial charge in [-0.05, 0) is 24.3 Å². The van der Waals surface area contributed by atoms with Crippen LogP contribution in [0.2, 0.25) is 0 Å². The number of carboxylic acid groups (broad SMARTS) is 1. The van der Waals surface area contributed by atoms with Gasteiger partial charge in [0, 0.05) is 28.2 Å². The quantitative estimate of drug-likeness (QED) is 0.764. The van der Waals surface area contributed by atoms with Gasteiger partial charge >= 0.3 is 5.97 Å². The minimum absolute atomic E-state index is 0.116. The Morgan fingerprint density at radius 3 is 2.69 bits per heavy atom. The van der Waals surface area contributed by atoms with E-state index in [2.05, 4.69) is 4.40 Å². The largest absolute Gasteiger partial charge is 0.480 e. The van der Waals surface area contributed by atoms with Crippen molar-refractivity contribution in [3.05, 3.63) is 65.4 Å². The van der Waals surface area contributed by atoms with Crippen LogP contribution in [0.15, 0.2) is 58.0 Å². The summed E-state index contributed by atoms with van der Waals surface area (Å²) in [5.74, 6) is -1.03. The molecular formula is C18H11N3O4S. The first kappa shape index (κ1) is 16.1. The van der Waals surface area contributed by atoms with Gasteiger partial charge in [0.25, 0.3) is 10.0 Å². The zero-order chi connectivity index (χ0) is 18.5. The molecule has 128 valence electrons. The van der Waals surface area contributed by atoms with Crippen molar-refractivity contribution in [3.63, 3.8) is 0 Å². The minimum atomic E-state index is -3.80. The van der Waals surface area contributed by atoms with Gasteiger partial charge in [-0.15, -0.1) is 0 Å². The number of carbonyl (C=O) groups is 1. The van der Waals surface area contributed by atoms with Crippen molar-refractivity contribution in [1.29, 1.82) is 5.26 Å². The van der Waals surface area contributed by atoms with Crippen LogP contribution in [-0.2, 0) is 21.4 Å². The lowest BCUT2D eigenvalue weighted by Crippen LogP contribution is -2.07. The van der Waals surface area contributed by atoms with E-state index in [0.29, 0.717) is 27.6 Å². The third-order valence-electron chi connectivity index (χ3n) is 4.20. The molecule has 7 nitrogen and oxygen atoms in total. The molecular weight excluding hydrogens is 354 g/mol. The maximum atomic E-state index is 12.3. The molecule has 1 aromatic heterocycles. The molecule has 0 fully saturated rings. The number of fused-ring (bicyclic) bond motifs is 2. The molecule has 0 aliphatic carbocycles. The highest BCUT2D eigenvalue weighted by Crippen LogP contribution is 2.33. The Morgan fingerprint density at radius 1 is 1.19 bits per heavy atom. The Bertz CT molecular complexity index is 1260. The number of nitrogens with zero attached hydrogens (tertiary/aromatic N) is 3. The van der Waals surface area contributed by atoms with Gasteiger partial charge in [-0.25, -0.2) is 0 Å². The molecule has 0 atom stereocenters. The van der Waals surface area contributed by atoms with Gasteiger partial charge in [-0.1, -0.05) is 18.2 Å². The molecule has 0 radical (unpaired) electrons. The zero-order valence-corrected chi connectivity index (χ0v) is 14.1. The molecule has 2 aromatic carbocycles. The molecule has 0 unspecified atom stereocenters. The second-order valence-corrected chi connectivity index (χ2v) is 7.39. The number of aromatic nitrogens is 1. The lowest BCUT2D eigenvalue weighted by Gasteiger charge is -2.01. The Balaban J connectivity index is 2.04. The molecule has 0 saturated carbocycles. The summed E-state index contributed by atoms with van der Waals surface area (Å²) in [5.41, 5.74) is 2.17. The fourth-order valence-corrected chi connectivity index (χ4v) is 4.36. The summed E-state index contributed by atoms with van der Waals surface area (Å²) in [4.78, 5) is 11.3. The van der Waals surface area contributed by atoms with Crippen molar-refractivity contribution < 1.29 is 18.3 Å². The van der Waals surface area contributed by atoms with Crippen LogP contribution < -0.4 is 0 Å². The lowest BCUT2D eigenvalue weighted by molar-refractivity contribution is -0.137. The summed E-state index contributed by atoms with van der Waals surface area (Å²) in [6.45, 7) is -0.288. The van der Waals surface area contributed by atoms with Crippen LogP contribution in [0.4, 0.5) is 0 Å². The van der Waals surface area contributed by atoms with Gasteiger partial charge < -0.3 is 9.67 Å². The topological polar surface area (TPSA) is 113 Å². The average molecular weight is 365 g/mol. The fourth-order valence-electron chi connectivity index (χ4n) is 3.13. The molecule has 1 aliphatic heterocycles. The summed E-state index contributed by atoms with van der Waals surface area (Å²) < 4.78 is 30.1. The predicted molar refractivity (Wildman–Crippen MR) is 93.6 cm³/mol. The first-order valence-electron chi connectivity index (χ1n) is 7.60. The van der Waals surface area contributed by atoms with Crippen molar-refractivity contribution >= 4 is 32.6 Å². The number of rotatable bonds is 3. The average Bonchev–Trinajstić information content (AvgIpc) is 3.09. The Labute approximate surface area is 148 Å². The van der Waals surface area contributed by atoms with Crippen LogP contribution in [0, 0.1) is 11.3 Å². The number of hydrogen-bond donors (Lipinski definition) is 1. The molecule has 0 saturated heterocycles. The van der Waals surface area contributed by atoms with Gasteiger partial charge in [0.2, 0.25) is 0 Å². The van der Waals surface area contributed by atoms with Crippen LogP contribution in [0.1, 0.15) is 16.7 Å². The van der Waals surface area contributed by atoms with E-state index < -0.39 is 16.0 Å². The van der Waals surface area contributed by atoms with Crippen LogP contribution in [-0.4, -0.2) is 29.8 Å². The number of benzene rings is 2. The fraction of sp³-hybridized carbons (Fsp3) is 0.0556. The van der Waals surface area contributed by atoms with E-state index in [1.807, 2.05) is 6.07 Å². The molecule has 2 heterocycles. The first-order valence-corrected chi connectivity index (χ1v) is 9.04. The third kappa shape index (κ3) is 2.37. The van der Waals surface area contributed by atoms with Crippen LogP contribution in [0.5, 0.6) is 0 Å². The number of carboxylic acids is 1. The third-order valence-corrected chi connectivity index (χ3v) is 5.54. The van der Waals surface area contributed by atoms with Crippen molar-refractivity contribution in [1.82, 2.24) is 4.57 Å². The summed E-state index contributed by atoms with van der Waals surface area (Å²) >= 11 is 0. The molecule has 0 amide bonds. The van der Waals surface area contributed by atoms with Crippen LogP contribution in [0.25, 0.3) is 10.9 Å². The predicted octanol–water partition coefficient (Wildman–Crippen LogP) is 2.14. The summed E-state index contributed by atoms with van der Waals surface area (Å²) in [6, 6.07) is 13.4. The van der Waals surface area contributed by atoms with Crippen molar-refractivity contribution in [2.75, 3.05) is 0 Å². The molecule has 8 heteroatoms. The molecule has 1 N–H and O–H groups in total. The monoisotopic (exact) mass is 365 g/mol. The normalized spacial score (nSPS) is 14.7. The zero-order valence-electron chi connectivity index (χ0n) is 13.2. The van der Waals surface area contributed by atoms with Crippen molar-refractivity contribution in [2.45, 2.75) is 11.4 Å². The Hall–Kier alpha value is -3.44. The molecule has 26 heavy (non-hydrogen) atoms. The van der Waals surface area contributed by atoms with E-state index in [0.717, 1.165) is 0 Å². The summed E-state index contributed by atoms with van der Waals surface area (Å²) in [5, 5.41) is 18.9. The highest BCUT2D eigenvalue weighted by atomic mass is 32.2. The SMILES string of the molecule is N#Cc1ccc2c(c1)c(C1=NS(=O)(=O)c3ccccc31)cn2CC(=O)O. The second-order valence-electron chi connectivity index (χ2n) is 5.82. The smallest absolute Gasteiger partial charge is 0.323 e. The van der Waals surface area contributed by atoms with E-state index in [9.17, 15) is 13.2 Å².